The Balaban J connectivity index is 1.70. The van der Waals surface area contributed by atoms with Crippen LogP contribution in [0.25, 0.3) is 22.3 Å². The van der Waals surface area contributed by atoms with Gasteiger partial charge in [-0.15, -0.1) is 0 Å². The lowest BCUT2D eigenvalue weighted by Crippen LogP contribution is -2.34. The molecule has 0 saturated heterocycles. The predicted molar refractivity (Wildman–Crippen MR) is 149 cm³/mol. The van der Waals surface area contributed by atoms with Crippen molar-refractivity contribution in [3.63, 3.8) is 0 Å². The van der Waals surface area contributed by atoms with Crippen LogP contribution in [-0.4, -0.2) is 44.3 Å². The molecule has 1 amide bonds. The van der Waals surface area contributed by atoms with E-state index in [0.29, 0.717) is 27.8 Å². The van der Waals surface area contributed by atoms with Crippen molar-refractivity contribution in [2.75, 3.05) is 17.1 Å². The number of benzene rings is 3. The third-order valence-corrected chi connectivity index (χ3v) is 8.78. The van der Waals surface area contributed by atoms with Crippen LogP contribution in [-0.2, 0) is 16.6 Å². The highest BCUT2D eigenvalue weighted by Crippen LogP contribution is 2.48. The number of carbonyl (C=O) groups excluding carboxylic acids is 1. The predicted octanol–water partition coefficient (Wildman–Crippen LogP) is 3.65. The molecule has 4 aromatic rings. The summed E-state index contributed by atoms with van der Waals surface area (Å²) in [5.41, 5.74) is 2.04. The van der Waals surface area contributed by atoms with Crippen LogP contribution in [0.2, 0.25) is 0 Å². The van der Waals surface area contributed by atoms with E-state index in [1.807, 2.05) is 0 Å². The molecule has 1 saturated carbocycles. The first-order valence-corrected chi connectivity index (χ1v) is 14.4. The number of furan rings is 1. The lowest BCUT2D eigenvalue weighted by Gasteiger charge is -2.27. The van der Waals surface area contributed by atoms with Gasteiger partial charge in [0, 0.05) is 29.5 Å². The van der Waals surface area contributed by atoms with Gasteiger partial charge in [-0.3, -0.25) is 9.10 Å². The van der Waals surface area contributed by atoms with Crippen molar-refractivity contribution < 1.29 is 36.5 Å². The largest absolute Gasteiger partial charge is 0.491 e. The normalized spacial score (nSPS) is 13.4. The molecule has 12 heteroatoms. The molecule has 0 aliphatic heterocycles. The Bertz CT molecular complexity index is 1700. The number of hydrogen-bond donors (Lipinski definition) is 3. The summed E-state index contributed by atoms with van der Waals surface area (Å²) in [4.78, 5) is 13.0. The van der Waals surface area contributed by atoms with Gasteiger partial charge in [0.2, 0.25) is 10.0 Å². The Morgan fingerprint density at radius 2 is 1.80 bits per heavy atom. The maximum atomic E-state index is 14.5. The first-order chi connectivity index (χ1) is 19.0. The van der Waals surface area contributed by atoms with Gasteiger partial charge in [0.25, 0.3) is 5.91 Å². The monoisotopic (exact) mass is 568 g/mol. The summed E-state index contributed by atoms with van der Waals surface area (Å²) in [6, 6.07) is 12.6. The van der Waals surface area contributed by atoms with Crippen molar-refractivity contribution in [2.24, 2.45) is 0 Å². The highest BCUT2D eigenvalue weighted by atomic mass is 32.2. The molecule has 1 aliphatic rings. The van der Waals surface area contributed by atoms with Gasteiger partial charge >= 0.3 is 7.12 Å². The Kier molecular flexibility index (Phi) is 7.43. The zero-order valence-corrected chi connectivity index (χ0v) is 22.6. The number of nitrogens with zero attached hydrogens (tertiary/aromatic N) is 1. The van der Waals surface area contributed by atoms with E-state index in [1.165, 1.54) is 54.7 Å². The van der Waals surface area contributed by atoms with Crippen LogP contribution in [0.15, 0.2) is 59.0 Å². The van der Waals surface area contributed by atoms with Crippen LogP contribution in [0, 0.1) is 11.6 Å². The summed E-state index contributed by atoms with van der Waals surface area (Å²) >= 11 is 0. The van der Waals surface area contributed by atoms with Crippen molar-refractivity contribution in [2.45, 2.75) is 32.2 Å². The van der Waals surface area contributed by atoms with E-state index in [2.05, 4.69) is 5.32 Å². The van der Waals surface area contributed by atoms with Gasteiger partial charge in [-0.2, -0.15) is 0 Å². The minimum Gasteiger partial charge on any atom is -0.455 e. The van der Waals surface area contributed by atoms with E-state index in [9.17, 15) is 32.0 Å². The van der Waals surface area contributed by atoms with Crippen molar-refractivity contribution in [1.82, 2.24) is 5.32 Å². The van der Waals surface area contributed by atoms with E-state index < -0.39 is 34.7 Å². The van der Waals surface area contributed by atoms with Crippen LogP contribution in [0.5, 0.6) is 0 Å². The Morgan fingerprint density at radius 3 is 2.38 bits per heavy atom. The second kappa shape index (κ2) is 10.7. The first kappa shape index (κ1) is 27.8. The third kappa shape index (κ3) is 5.22. The molecule has 0 bridgehead atoms. The van der Waals surface area contributed by atoms with Crippen LogP contribution >= 0.6 is 0 Å². The molecular weight excluding hydrogens is 541 g/mol. The van der Waals surface area contributed by atoms with Crippen molar-refractivity contribution in [3.05, 3.63) is 82.9 Å². The number of carbonyl (C=O) groups is 1. The topological polar surface area (TPSA) is 120 Å². The molecule has 0 radical (unpaired) electrons. The molecule has 1 aromatic heterocycles. The molecule has 0 spiro atoms. The number of sulfonamides is 1. The molecule has 3 aromatic carbocycles. The van der Waals surface area contributed by atoms with Crippen molar-refractivity contribution >= 4 is 45.2 Å². The molecule has 0 atom stereocenters. The molecule has 208 valence electrons. The second-order valence-corrected chi connectivity index (χ2v) is 11.9. The number of hydrogen-bond acceptors (Lipinski definition) is 6. The minimum absolute atomic E-state index is 0.0549. The Morgan fingerprint density at radius 1 is 1.10 bits per heavy atom. The molecule has 40 heavy (non-hydrogen) atoms. The van der Waals surface area contributed by atoms with E-state index in [-0.39, 0.29) is 40.6 Å². The fraction of sp³-hybridized carbons (Fsp3) is 0.250. The Hall–Kier alpha value is -3.74. The summed E-state index contributed by atoms with van der Waals surface area (Å²) in [7, 11) is -4.39. The number of nitrogens with one attached hydrogen (secondary N) is 1. The summed E-state index contributed by atoms with van der Waals surface area (Å²) in [6.07, 6.45) is 1.66. The number of amides is 1. The summed E-state index contributed by atoms with van der Waals surface area (Å²) in [5.74, 6) is -1.68. The fourth-order valence-corrected chi connectivity index (χ4v) is 5.89. The highest BCUT2D eigenvalue weighted by Gasteiger charge is 2.34. The summed E-state index contributed by atoms with van der Waals surface area (Å²) < 4.78 is 62.3. The molecule has 1 fully saturated rings. The van der Waals surface area contributed by atoms with Crippen molar-refractivity contribution in [1.29, 1.82) is 0 Å². The molecule has 0 unspecified atom stereocenters. The lowest BCUT2D eigenvalue weighted by molar-refractivity contribution is 0.0964. The van der Waals surface area contributed by atoms with Gasteiger partial charge in [0.05, 0.1) is 23.5 Å². The molecule has 1 aliphatic carbocycles. The zero-order valence-electron chi connectivity index (χ0n) is 21.8. The number of fused-ring (bicyclic) bond motifs is 1. The maximum Gasteiger partial charge on any atom is 0.491 e. The van der Waals surface area contributed by atoms with Gasteiger partial charge in [0.1, 0.15) is 23.0 Å². The molecule has 1 heterocycles. The van der Waals surface area contributed by atoms with Crippen LogP contribution in [0.1, 0.15) is 47.2 Å². The summed E-state index contributed by atoms with van der Waals surface area (Å²) in [6.45, 7) is 1.29. The summed E-state index contributed by atoms with van der Waals surface area (Å²) in [5, 5.41) is 21.8. The van der Waals surface area contributed by atoms with E-state index in [1.54, 1.807) is 12.1 Å². The molecular formula is C28H27BF2N2O6S. The standard InChI is InChI=1S/C28H27BF2N2O6S/c1-3-40(37,38)33(15-16-4-11-22(29(35)36)23(31)12-16)24-14-25-21(13-20(24)17-5-6-17)26(28(34)32-2)27(39-25)18-7-9-19(30)10-8-18/h4,7-14,17,35-36H,3,5-6,15H2,1-2H3,(H,32,34). The third-order valence-electron chi connectivity index (χ3n) is 7.05. The average molecular weight is 568 g/mol. The molecule has 5 rings (SSSR count). The van der Waals surface area contributed by atoms with Crippen LogP contribution in [0.3, 0.4) is 0 Å². The first-order valence-electron chi connectivity index (χ1n) is 12.8. The smallest absolute Gasteiger partial charge is 0.455 e. The van der Waals surface area contributed by atoms with Gasteiger partial charge in [-0.25, -0.2) is 17.2 Å². The fourth-order valence-electron chi connectivity index (χ4n) is 4.77. The van der Waals surface area contributed by atoms with Crippen LogP contribution in [0.4, 0.5) is 14.5 Å². The van der Waals surface area contributed by atoms with Crippen LogP contribution < -0.4 is 15.1 Å². The van der Waals surface area contributed by atoms with Gasteiger partial charge in [-0.05, 0) is 73.2 Å². The number of halogens is 2. The lowest BCUT2D eigenvalue weighted by atomic mass is 9.79. The molecule has 8 nitrogen and oxygen atoms in total. The maximum absolute atomic E-state index is 14.5. The van der Waals surface area contributed by atoms with Gasteiger partial charge in [-0.1, -0.05) is 12.1 Å². The average Bonchev–Trinajstić information content (AvgIpc) is 3.71. The highest BCUT2D eigenvalue weighted by molar-refractivity contribution is 7.92. The number of anilines is 1. The minimum atomic E-state index is -3.88. The van der Waals surface area contributed by atoms with Gasteiger partial charge < -0.3 is 19.8 Å². The number of rotatable bonds is 9. The van der Waals surface area contributed by atoms with E-state index >= 15 is 0 Å². The Labute approximate surface area is 230 Å². The zero-order chi connectivity index (χ0) is 28.8. The van der Waals surface area contributed by atoms with Crippen molar-refractivity contribution in [3.8, 4) is 11.3 Å². The van der Waals surface area contributed by atoms with E-state index in [4.69, 9.17) is 4.42 Å². The van der Waals surface area contributed by atoms with E-state index in [0.717, 1.165) is 18.9 Å². The van der Waals surface area contributed by atoms with Gasteiger partial charge in [0.15, 0.2) is 0 Å². The second-order valence-electron chi connectivity index (χ2n) is 9.71. The molecule has 3 N–H and O–H groups in total. The quantitative estimate of drug-likeness (QED) is 0.265. The SMILES string of the molecule is CCS(=O)(=O)N(Cc1ccc(B(O)O)c(F)c1)c1cc2oc(-c3ccc(F)cc3)c(C(=O)NC)c2cc1C1CC1.